The van der Waals surface area contributed by atoms with Crippen molar-refractivity contribution in [2.24, 2.45) is 28.6 Å². The zero-order chi connectivity index (χ0) is 23.5. The predicted molar refractivity (Wildman–Crippen MR) is 127 cm³/mol. The molecule has 1 aromatic rings. The van der Waals surface area contributed by atoms with E-state index in [0.717, 1.165) is 17.9 Å². The monoisotopic (exact) mass is 452 g/mol. The molecule has 0 bridgehead atoms. The van der Waals surface area contributed by atoms with Crippen molar-refractivity contribution in [1.82, 2.24) is 10.2 Å². The quantitative estimate of drug-likeness (QED) is 0.624. The maximum absolute atomic E-state index is 13.3. The maximum atomic E-state index is 13.3. The van der Waals surface area contributed by atoms with Gasteiger partial charge in [0.1, 0.15) is 11.4 Å². The van der Waals surface area contributed by atoms with Gasteiger partial charge in [-0.25, -0.2) is 4.39 Å². The van der Waals surface area contributed by atoms with E-state index in [2.05, 4.69) is 19.2 Å². The first kappa shape index (κ1) is 22.6. The lowest BCUT2D eigenvalue weighted by Crippen LogP contribution is -2.61. The van der Waals surface area contributed by atoms with E-state index in [4.69, 9.17) is 0 Å². The minimum Gasteiger partial charge on any atom is -0.345 e. The van der Waals surface area contributed by atoms with E-state index >= 15 is 0 Å². The summed E-state index contributed by atoms with van der Waals surface area (Å²) in [5, 5.41) is 2.99. The van der Waals surface area contributed by atoms with E-state index in [9.17, 15) is 14.0 Å². The first-order valence-electron chi connectivity index (χ1n) is 12.7. The first-order chi connectivity index (χ1) is 15.6. The lowest BCUT2D eigenvalue weighted by Gasteiger charge is -2.60. The van der Waals surface area contributed by atoms with Gasteiger partial charge in [0, 0.05) is 18.5 Å². The number of rotatable bonds is 3. The van der Waals surface area contributed by atoms with Crippen LogP contribution in [0.25, 0.3) is 0 Å². The molecule has 178 valence electrons. The Balaban J connectivity index is 1.43. The second-order valence-corrected chi connectivity index (χ2v) is 11.6. The molecule has 3 saturated carbocycles. The summed E-state index contributed by atoms with van der Waals surface area (Å²) in [6.45, 7) is 6.66. The SMILES string of the molecule is CC(NC(=O)C1=C[C@@]2(C)C(CC[C@@H]3[C@H]2CC[C@]2(C)CCC[C@@H]32)N(C)C1=O)c1ccc(F)cc1. The smallest absolute Gasteiger partial charge is 0.259 e. The van der Waals surface area contributed by atoms with Crippen LogP contribution in [0.2, 0.25) is 0 Å². The van der Waals surface area contributed by atoms with Crippen molar-refractivity contribution in [2.45, 2.75) is 77.8 Å². The fourth-order valence-electron chi connectivity index (χ4n) is 8.15. The molecule has 4 aliphatic rings. The van der Waals surface area contributed by atoms with Crippen LogP contribution < -0.4 is 5.32 Å². The van der Waals surface area contributed by atoms with Crippen molar-refractivity contribution in [3.63, 3.8) is 0 Å². The third-order valence-corrected chi connectivity index (χ3v) is 9.94. The Morgan fingerprint density at radius 2 is 1.82 bits per heavy atom. The predicted octanol–water partition coefficient (Wildman–Crippen LogP) is 5.40. The molecule has 33 heavy (non-hydrogen) atoms. The Labute approximate surface area is 197 Å². The molecule has 5 heteroatoms. The van der Waals surface area contributed by atoms with Gasteiger partial charge in [-0.15, -0.1) is 0 Å². The summed E-state index contributed by atoms with van der Waals surface area (Å²) >= 11 is 0. The summed E-state index contributed by atoms with van der Waals surface area (Å²) < 4.78 is 13.3. The molecule has 1 aliphatic heterocycles. The number of amides is 2. The van der Waals surface area contributed by atoms with Gasteiger partial charge in [-0.1, -0.05) is 38.5 Å². The highest BCUT2D eigenvalue weighted by Crippen LogP contribution is 2.64. The van der Waals surface area contributed by atoms with Crippen LogP contribution in [0.4, 0.5) is 4.39 Å². The van der Waals surface area contributed by atoms with E-state index in [0.29, 0.717) is 17.3 Å². The molecule has 1 aromatic carbocycles. The highest BCUT2D eigenvalue weighted by molar-refractivity contribution is 6.19. The molecule has 4 nitrogen and oxygen atoms in total. The lowest BCUT2D eigenvalue weighted by atomic mass is 9.48. The molecule has 2 amide bonds. The second kappa shape index (κ2) is 7.95. The number of nitrogens with one attached hydrogen (secondary N) is 1. The number of nitrogens with zero attached hydrogens (tertiary/aromatic N) is 1. The Bertz CT molecular complexity index is 988. The minimum atomic E-state index is -0.327. The lowest BCUT2D eigenvalue weighted by molar-refractivity contribution is -0.141. The molecule has 3 aliphatic carbocycles. The number of carbonyl (C=O) groups is 2. The van der Waals surface area contributed by atoms with Crippen molar-refractivity contribution < 1.29 is 14.0 Å². The Kier molecular flexibility index (Phi) is 5.45. The number of likely N-dealkylation sites (N-methyl/N-ethyl adjacent to an activating group) is 1. The zero-order valence-corrected chi connectivity index (χ0v) is 20.4. The van der Waals surface area contributed by atoms with E-state index in [1.807, 2.05) is 24.9 Å². The molecular formula is C28H37FN2O2. The maximum Gasteiger partial charge on any atom is 0.259 e. The van der Waals surface area contributed by atoms with Crippen molar-refractivity contribution in [1.29, 1.82) is 0 Å². The van der Waals surface area contributed by atoms with Gasteiger partial charge in [0.25, 0.3) is 11.8 Å². The average molecular weight is 453 g/mol. The van der Waals surface area contributed by atoms with Crippen LogP contribution in [0.3, 0.4) is 0 Å². The number of fused-ring (bicyclic) bond motifs is 5. The van der Waals surface area contributed by atoms with Crippen LogP contribution in [0.1, 0.15) is 77.3 Å². The summed E-state index contributed by atoms with van der Waals surface area (Å²) in [4.78, 5) is 28.4. The first-order valence-corrected chi connectivity index (χ1v) is 12.7. The standard InChI is InChI=1S/C28H37FN2O2/c1-17(18-7-9-19(29)10-8-18)30-25(32)21-16-28(3)23-13-15-27(2)14-5-6-22(27)20(23)11-12-24(28)31(4)26(21)33/h7-10,16-17,20,22-24H,5-6,11-15H2,1-4H3,(H,30,32)/t17?,20-,22-,23+,24?,27-,28+/m0/s1. The summed E-state index contributed by atoms with van der Waals surface area (Å²) in [6.07, 6.45) is 10.7. The molecular weight excluding hydrogens is 415 g/mol. The molecule has 0 spiro atoms. The van der Waals surface area contributed by atoms with Crippen LogP contribution in [0.5, 0.6) is 0 Å². The van der Waals surface area contributed by atoms with Crippen LogP contribution in [0.15, 0.2) is 35.9 Å². The number of benzene rings is 1. The molecule has 1 N–H and O–H groups in total. The van der Waals surface area contributed by atoms with Gasteiger partial charge in [-0.3, -0.25) is 9.59 Å². The summed E-state index contributed by atoms with van der Waals surface area (Å²) in [7, 11) is 1.87. The van der Waals surface area contributed by atoms with Crippen molar-refractivity contribution in [3.8, 4) is 0 Å². The molecule has 0 aromatic heterocycles. The minimum absolute atomic E-state index is 0.156. The molecule has 3 fully saturated rings. The number of halogens is 1. The third-order valence-electron chi connectivity index (χ3n) is 9.94. The number of carbonyl (C=O) groups excluding carboxylic acids is 2. The zero-order valence-electron chi connectivity index (χ0n) is 20.4. The van der Waals surface area contributed by atoms with Gasteiger partial charge >= 0.3 is 0 Å². The highest BCUT2D eigenvalue weighted by Gasteiger charge is 2.59. The van der Waals surface area contributed by atoms with Crippen molar-refractivity contribution >= 4 is 11.8 Å². The van der Waals surface area contributed by atoms with Crippen LogP contribution in [-0.4, -0.2) is 29.8 Å². The Hall–Kier alpha value is -2.17. The third kappa shape index (κ3) is 3.54. The second-order valence-electron chi connectivity index (χ2n) is 11.6. The summed E-state index contributed by atoms with van der Waals surface area (Å²) in [5.41, 5.74) is 1.39. The van der Waals surface area contributed by atoms with Crippen LogP contribution in [-0.2, 0) is 9.59 Å². The normalized spacial score (nSPS) is 38.6. The highest BCUT2D eigenvalue weighted by atomic mass is 19.1. The van der Waals surface area contributed by atoms with E-state index < -0.39 is 0 Å². The van der Waals surface area contributed by atoms with E-state index in [1.165, 1.54) is 50.7 Å². The molecule has 5 rings (SSSR count). The van der Waals surface area contributed by atoms with Gasteiger partial charge < -0.3 is 10.2 Å². The van der Waals surface area contributed by atoms with E-state index in [-0.39, 0.29) is 40.7 Å². The molecule has 0 radical (unpaired) electrons. The Morgan fingerprint density at radius 1 is 1.09 bits per heavy atom. The van der Waals surface area contributed by atoms with Gasteiger partial charge in [0.05, 0.1) is 6.04 Å². The van der Waals surface area contributed by atoms with Gasteiger partial charge in [0.2, 0.25) is 0 Å². The molecule has 1 heterocycles. The van der Waals surface area contributed by atoms with Crippen LogP contribution in [0, 0.1) is 34.4 Å². The summed E-state index contributed by atoms with van der Waals surface area (Å²) in [5.74, 6) is 1.17. The van der Waals surface area contributed by atoms with Gasteiger partial charge in [-0.2, -0.15) is 0 Å². The average Bonchev–Trinajstić information content (AvgIpc) is 3.18. The van der Waals surface area contributed by atoms with Gasteiger partial charge in [0.15, 0.2) is 0 Å². The van der Waals surface area contributed by atoms with Gasteiger partial charge in [-0.05, 0) is 86.3 Å². The summed E-state index contributed by atoms with van der Waals surface area (Å²) in [6, 6.07) is 5.98. The molecule has 0 saturated heterocycles. The number of hydrogen-bond acceptors (Lipinski definition) is 2. The van der Waals surface area contributed by atoms with E-state index in [1.54, 1.807) is 12.1 Å². The topological polar surface area (TPSA) is 49.4 Å². The van der Waals surface area contributed by atoms with Crippen molar-refractivity contribution in [2.75, 3.05) is 7.05 Å². The van der Waals surface area contributed by atoms with Crippen LogP contribution >= 0.6 is 0 Å². The number of hydrogen-bond donors (Lipinski definition) is 1. The Morgan fingerprint density at radius 3 is 2.55 bits per heavy atom. The fourth-order valence-corrected chi connectivity index (χ4v) is 8.15. The van der Waals surface area contributed by atoms with Crippen molar-refractivity contribution in [3.05, 3.63) is 47.3 Å². The molecule has 2 unspecified atom stereocenters. The largest absolute Gasteiger partial charge is 0.345 e. The fraction of sp³-hybridized carbons (Fsp3) is 0.643. The molecule has 7 atom stereocenters.